The summed E-state index contributed by atoms with van der Waals surface area (Å²) in [5.41, 5.74) is 10.3. The molecule has 2 heterocycles. The minimum Gasteiger partial charge on any atom is -0.323 e. The van der Waals surface area contributed by atoms with Crippen LogP contribution in [0.1, 0.15) is 41.6 Å². The van der Waals surface area contributed by atoms with Gasteiger partial charge in [-0.3, -0.25) is 4.98 Å². The number of pyridine rings is 1. The Hall–Kier alpha value is -0.460. The Labute approximate surface area is 125 Å². The van der Waals surface area contributed by atoms with Crippen molar-refractivity contribution >= 4 is 33.9 Å². The Bertz CT molecular complexity index is 552. The second-order valence-corrected chi connectivity index (χ2v) is 7.56. The maximum Gasteiger partial charge on any atom is 0.0656 e. The predicted octanol–water partition coefficient (Wildman–Crippen LogP) is 3.87. The zero-order valence-electron chi connectivity index (χ0n) is 9.97. The molecule has 2 unspecified atom stereocenters. The number of rotatable bonds is 2. The third kappa shape index (κ3) is 2.33. The minimum atomic E-state index is 0.0821. The molecule has 94 valence electrons. The molecule has 0 saturated heterocycles. The Morgan fingerprint density at radius 2 is 2.39 bits per heavy atom. The molecule has 0 bridgehead atoms. The molecule has 4 heteroatoms. The van der Waals surface area contributed by atoms with Gasteiger partial charge in [-0.25, -0.2) is 0 Å². The van der Waals surface area contributed by atoms with Gasteiger partial charge in [0.25, 0.3) is 0 Å². The van der Waals surface area contributed by atoms with Gasteiger partial charge in [0.15, 0.2) is 0 Å². The minimum absolute atomic E-state index is 0.0821. The van der Waals surface area contributed by atoms with Crippen LogP contribution in [0.5, 0.6) is 0 Å². The van der Waals surface area contributed by atoms with E-state index in [1.807, 2.05) is 12.3 Å². The number of fused-ring (bicyclic) bond motifs is 1. The van der Waals surface area contributed by atoms with Crippen molar-refractivity contribution in [2.24, 2.45) is 5.73 Å². The van der Waals surface area contributed by atoms with Gasteiger partial charge < -0.3 is 5.73 Å². The molecule has 1 aliphatic carbocycles. The number of nitrogens with zero attached hydrogens (tertiary/aromatic N) is 1. The van der Waals surface area contributed by atoms with E-state index < -0.39 is 0 Å². The summed E-state index contributed by atoms with van der Waals surface area (Å²) in [5, 5.41) is 2.18. The lowest BCUT2D eigenvalue weighted by Gasteiger charge is -2.28. The molecule has 0 aliphatic heterocycles. The van der Waals surface area contributed by atoms with Crippen molar-refractivity contribution in [3.8, 4) is 0 Å². The molecule has 2 N–H and O–H groups in total. The van der Waals surface area contributed by atoms with Gasteiger partial charge in [0.1, 0.15) is 0 Å². The van der Waals surface area contributed by atoms with E-state index in [1.54, 1.807) is 11.3 Å². The molecule has 2 aromatic heterocycles. The fourth-order valence-corrected chi connectivity index (χ4v) is 4.14. The van der Waals surface area contributed by atoms with Crippen LogP contribution in [-0.2, 0) is 6.42 Å². The molecule has 0 spiro atoms. The molecule has 2 aromatic rings. The van der Waals surface area contributed by atoms with E-state index in [0.717, 1.165) is 12.8 Å². The Kier molecular flexibility index (Phi) is 3.68. The quantitative estimate of drug-likeness (QED) is 0.816. The predicted molar refractivity (Wildman–Crippen MR) is 83.9 cm³/mol. The molecule has 2 nitrogen and oxygen atoms in total. The van der Waals surface area contributed by atoms with Crippen molar-refractivity contribution < 1.29 is 0 Å². The Morgan fingerprint density at radius 3 is 3.17 bits per heavy atom. The number of thiophene rings is 1. The lowest BCUT2D eigenvalue weighted by molar-refractivity contribution is 0.463. The van der Waals surface area contributed by atoms with Crippen molar-refractivity contribution in [3.63, 3.8) is 0 Å². The number of aromatic nitrogens is 1. The topological polar surface area (TPSA) is 38.9 Å². The Morgan fingerprint density at radius 1 is 1.50 bits per heavy atom. The van der Waals surface area contributed by atoms with Crippen LogP contribution in [0.4, 0.5) is 0 Å². The Balaban J connectivity index is 1.94. The highest BCUT2D eigenvalue weighted by atomic mass is 127. The summed E-state index contributed by atoms with van der Waals surface area (Å²) in [5.74, 6) is 0.375. The summed E-state index contributed by atoms with van der Waals surface area (Å²) in [4.78, 5) is 4.58. The molecule has 0 aromatic carbocycles. The van der Waals surface area contributed by atoms with Gasteiger partial charge in [-0.15, -0.1) is 11.3 Å². The summed E-state index contributed by atoms with van der Waals surface area (Å²) in [6.07, 6.45) is 5.41. The number of halogens is 1. The standard InChI is InChI=1S/C14H15IN2S/c15-12-7-10(8-18-12)13(16)11-5-1-3-9-4-2-6-17-14(9)11/h2,4,6-8,11,13H,1,3,5,16H2. The van der Waals surface area contributed by atoms with E-state index in [1.165, 1.54) is 26.1 Å². The van der Waals surface area contributed by atoms with E-state index in [-0.39, 0.29) is 6.04 Å². The largest absolute Gasteiger partial charge is 0.323 e. The summed E-state index contributed by atoms with van der Waals surface area (Å²) in [6.45, 7) is 0. The molecule has 18 heavy (non-hydrogen) atoms. The fourth-order valence-electron chi connectivity index (χ4n) is 2.73. The maximum absolute atomic E-state index is 6.46. The van der Waals surface area contributed by atoms with Gasteiger partial charge in [0.05, 0.1) is 2.88 Å². The summed E-state index contributed by atoms with van der Waals surface area (Å²) in [7, 11) is 0. The van der Waals surface area contributed by atoms with Gasteiger partial charge in [-0.1, -0.05) is 6.07 Å². The number of hydrogen-bond donors (Lipinski definition) is 1. The van der Waals surface area contributed by atoms with Crippen molar-refractivity contribution in [3.05, 3.63) is 49.5 Å². The summed E-state index contributed by atoms with van der Waals surface area (Å²) in [6, 6.07) is 6.50. The second kappa shape index (κ2) is 5.27. The van der Waals surface area contributed by atoms with Crippen LogP contribution in [0.15, 0.2) is 29.8 Å². The first-order chi connectivity index (χ1) is 8.75. The number of aryl methyl sites for hydroxylation is 1. The highest BCUT2D eigenvalue weighted by Crippen LogP contribution is 2.38. The van der Waals surface area contributed by atoms with E-state index in [0.29, 0.717) is 5.92 Å². The van der Waals surface area contributed by atoms with Crippen LogP contribution in [0.2, 0.25) is 0 Å². The molecular weight excluding hydrogens is 355 g/mol. The first kappa shape index (κ1) is 12.6. The molecule has 0 amide bonds. The van der Waals surface area contributed by atoms with Gasteiger partial charge in [-0.05, 0) is 70.5 Å². The molecular formula is C14H15IN2S. The van der Waals surface area contributed by atoms with Crippen molar-refractivity contribution in [2.75, 3.05) is 0 Å². The summed E-state index contributed by atoms with van der Waals surface area (Å²) < 4.78 is 1.30. The number of hydrogen-bond acceptors (Lipinski definition) is 3. The van der Waals surface area contributed by atoms with E-state index in [4.69, 9.17) is 5.73 Å². The first-order valence-electron chi connectivity index (χ1n) is 6.19. The average molecular weight is 370 g/mol. The van der Waals surface area contributed by atoms with Crippen molar-refractivity contribution in [1.29, 1.82) is 0 Å². The van der Waals surface area contributed by atoms with E-state index in [2.05, 4.69) is 45.1 Å². The molecule has 0 radical (unpaired) electrons. The van der Waals surface area contributed by atoms with Gasteiger partial charge in [0.2, 0.25) is 0 Å². The molecule has 2 atom stereocenters. The SMILES string of the molecule is NC(c1csc(I)c1)C1CCCc2cccnc21. The van der Waals surface area contributed by atoms with Crippen LogP contribution in [0, 0.1) is 2.88 Å². The van der Waals surface area contributed by atoms with Gasteiger partial charge >= 0.3 is 0 Å². The van der Waals surface area contributed by atoms with Crippen LogP contribution >= 0.6 is 33.9 Å². The fraction of sp³-hybridized carbons (Fsp3) is 0.357. The smallest absolute Gasteiger partial charge is 0.0656 e. The third-order valence-corrected chi connectivity index (χ3v) is 5.45. The van der Waals surface area contributed by atoms with Crippen molar-refractivity contribution in [1.82, 2.24) is 4.98 Å². The average Bonchev–Trinajstić information content (AvgIpc) is 2.84. The van der Waals surface area contributed by atoms with Crippen LogP contribution in [0.3, 0.4) is 0 Å². The van der Waals surface area contributed by atoms with Crippen LogP contribution in [0.25, 0.3) is 0 Å². The van der Waals surface area contributed by atoms with E-state index in [9.17, 15) is 0 Å². The lowest BCUT2D eigenvalue weighted by atomic mass is 9.80. The van der Waals surface area contributed by atoms with Crippen molar-refractivity contribution in [2.45, 2.75) is 31.2 Å². The highest BCUT2D eigenvalue weighted by molar-refractivity contribution is 14.1. The highest BCUT2D eigenvalue weighted by Gasteiger charge is 2.28. The zero-order valence-corrected chi connectivity index (χ0v) is 12.9. The van der Waals surface area contributed by atoms with Crippen LogP contribution < -0.4 is 5.73 Å². The molecule has 3 rings (SSSR count). The number of nitrogens with two attached hydrogens (primary N) is 1. The second-order valence-electron chi connectivity index (χ2n) is 4.76. The third-order valence-electron chi connectivity index (χ3n) is 3.64. The lowest BCUT2D eigenvalue weighted by Crippen LogP contribution is -2.24. The maximum atomic E-state index is 6.46. The zero-order chi connectivity index (χ0) is 12.5. The molecule has 0 saturated carbocycles. The van der Waals surface area contributed by atoms with Gasteiger partial charge in [0, 0.05) is 23.9 Å². The summed E-state index contributed by atoms with van der Waals surface area (Å²) >= 11 is 4.12. The molecule has 0 fully saturated rings. The normalized spacial score (nSPS) is 20.4. The van der Waals surface area contributed by atoms with Gasteiger partial charge in [-0.2, -0.15) is 0 Å². The van der Waals surface area contributed by atoms with Crippen LogP contribution in [-0.4, -0.2) is 4.98 Å². The first-order valence-corrected chi connectivity index (χ1v) is 8.15. The molecule has 1 aliphatic rings. The monoisotopic (exact) mass is 370 g/mol. The van der Waals surface area contributed by atoms with E-state index >= 15 is 0 Å².